The smallest absolute Gasteiger partial charge is 0.543 e. The Balaban J connectivity index is 0.00000253. The van der Waals surface area contributed by atoms with Crippen LogP contribution in [-0.4, -0.2) is 78.2 Å². The molecule has 198 valence electrons. The number of oxime groups is 1. The number of hydrogen-bond donors (Lipinski definition) is 3. The van der Waals surface area contributed by atoms with Crippen molar-refractivity contribution in [3.05, 3.63) is 43.1 Å². The van der Waals surface area contributed by atoms with Gasteiger partial charge in [-0.05, 0) is 5.57 Å². The summed E-state index contributed by atoms with van der Waals surface area (Å²) in [5, 5.41) is 21.6. The van der Waals surface area contributed by atoms with Gasteiger partial charge in [-0.25, -0.2) is 4.98 Å². The van der Waals surface area contributed by atoms with Gasteiger partial charge in [0.05, 0.1) is 11.7 Å². The molecule has 2 aliphatic heterocycles. The molecule has 0 bridgehead atoms. The summed E-state index contributed by atoms with van der Waals surface area (Å²) in [6.45, 7) is 0. The van der Waals surface area contributed by atoms with E-state index in [4.69, 9.17) is 10.6 Å². The van der Waals surface area contributed by atoms with Crippen LogP contribution in [0, 0.1) is 0 Å². The van der Waals surface area contributed by atoms with Gasteiger partial charge >= 0.3 is 40.7 Å². The van der Waals surface area contributed by atoms with Crippen molar-refractivity contribution in [2.45, 2.75) is 24.0 Å². The van der Waals surface area contributed by atoms with E-state index in [0.29, 0.717) is 5.57 Å². The summed E-state index contributed by atoms with van der Waals surface area (Å²) < 4.78 is 1.24. The van der Waals surface area contributed by atoms with Crippen LogP contribution in [0.15, 0.2) is 36.6 Å². The number of thioether (sulfide) groups is 2. The van der Waals surface area contributed by atoms with Crippen LogP contribution in [0.3, 0.4) is 0 Å². The normalized spacial score (nSPS) is 18.5. The first-order chi connectivity index (χ1) is 17.1. The zero-order valence-corrected chi connectivity index (χ0v) is 24.0. The zero-order valence-electron chi connectivity index (χ0n) is 19.5. The van der Waals surface area contributed by atoms with Crippen molar-refractivity contribution in [2.24, 2.45) is 12.2 Å². The topological polar surface area (TPSA) is 218 Å². The Labute approximate surface area is 249 Å². The van der Waals surface area contributed by atoms with Gasteiger partial charge in [-0.2, -0.15) is 4.98 Å². The fourth-order valence-corrected chi connectivity index (χ4v) is 6.38. The number of nitrogens with two attached hydrogens (primary N) is 1. The second-order valence-electron chi connectivity index (χ2n) is 7.28. The predicted octanol–water partition coefficient (Wildman–Crippen LogP) is -5.31. The van der Waals surface area contributed by atoms with Gasteiger partial charge in [0.15, 0.2) is 16.0 Å². The largest absolute Gasteiger partial charge is 1.00 e. The number of nitrogens with zero attached hydrogens (tertiary/aromatic N) is 5. The minimum atomic E-state index is -1.56. The first kappa shape index (κ1) is 31.6. The number of hydrogen-bond acceptors (Lipinski definition) is 14. The summed E-state index contributed by atoms with van der Waals surface area (Å²) in [5.74, 6) is -2.68. The molecule has 4 rings (SSSR count). The molecule has 2 aromatic rings. The predicted molar refractivity (Wildman–Crippen MR) is 135 cm³/mol. The number of fused-ring (bicyclic) bond motifs is 1. The summed E-state index contributed by atoms with van der Waals surface area (Å²) in [7, 11) is 2.72. The number of rotatable bonds is 8. The fraction of sp³-hybridized carbons (Fsp3) is 0.368. The SMILES string of the molecule is C.CON=C(C(=O)N[C@@H]1C(=O)N2C(C(=O)[O-])=C(CSc3nc(=O)c(=O)[nH]n3C)CS[C@H]12)c1csc(N)n1.[Na+]. The molecule has 0 saturated carbocycles. The van der Waals surface area contributed by atoms with E-state index >= 15 is 0 Å². The number of aromatic amines is 1. The van der Waals surface area contributed by atoms with E-state index in [1.54, 1.807) is 0 Å². The van der Waals surface area contributed by atoms with E-state index in [2.05, 4.69) is 25.5 Å². The standard InChI is InChI=1S/C18H18N8O7S3.CH4.Na/c1-25-18(22-12(28)13(29)23-25)36-4-6-3-34-15-9(14(30)26(15)10(6)16(31)32)21-11(27)8(24-33-2)7-5-35-17(19)20-7;;/h5,9,15H,3-4H2,1-2H3,(H2,19,20)(H,21,27)(H,23,29)(H,31,32);1H4;/q;;+1/p-1/t9-,15-;;/m1../s1. The Morgan fingerprint density at radius 1 is 1.37 bits per heavy atom. The number of aryl methyl sites for hydroxylation is 1. The number of carboxylic acid groups (broad SMARTS) is 1. The molecule has 19 heteroatoms. The van der Waals surface area contributed by atoms with Crippen LogP contribution in [0.4, 0.5) is 5.13 Å². The van der Waals surface area contributed by atoms with Crippen LogP contribution in [0.2, 0.25) is 0 Å². The maximum atomic E-state index is 12.9. The third kappa shape index (κ3) is 6.15. The van der Waals surface area contributed by atoms with Gasteiger partial charge in [0, 0.05) is 23.9 Å². The molecule has 2 aromatic heterocycles. The van der Waals surface area contributed by atoms with Gasteiger partial charge in [0.2, 0.25) is 0 Å². The molecule has 0 aromatic carbocycles. The van der Waals surface area contributed by atoms with Gasteiger partial charge < -0.3 is 25.8 Å². The Hall–Kier alpha value is -2.64. The number of thiazole rings is 1. The van der Waals surface area contributed by atoms with Crippen LogP contribution in [0.25, 0.3) is 0 Å². The van der Waals surface area contributed by atoms with Crippen molar-refractivity contribution in [1.82, 2.24) is 30.0 Å². The van der Waals surface area contributed by atoms with Crippen LogP contribution in [0.1, 0.15) is 13.1 Å². The van der Waals surface area contributed by atoms with Gasteiger partial charge in [0.25, 0.3) is 11.8 Å². The summed E-state index contributed by atoms with van der Waals surface area (Å²) in [6.07, 6.45) is 0. The zero-order chi connectivity index (χ0) is 26.1. The molecule has 2 amide bonds. The molecular formula is C19H21N8NaO7S3. The van der Waals surface area contributed by atoms with Crippen LogP contribution in [-0.2, 0) is 26.3 Å². The first-order valence-electron chi connectivity index (χ1n) is 9.94. The number of carbonyl (C=O) groups is 3. The number of carboxylic acids is 1. The molecule has 38 heavy (non-hydrogen) atoms. The van der Waals surface area contributed by atoms with Gasteiger partial charge in [-0.3, -0.25) is 33.9 Å². The quantitative estimate of drug-likeness (QED) is 0.0654. The molecule has 4 N–H and O–H groups in total. The summed E-state index contributed by atoms with van der Waals surface area (Å²) in [4.78, 5) is 74.0. The van der Waals surface area contributed by atoms with Crippen molar-refractivity contribution in [1.29, 1.82) is 0 Å². The number of nitrogen functional groups attached to an aromatic ring is 1. The number of nitrogens with one attached hydrogen (secondary N) is 2. The van der Waals surface area contributed by atoms with Crippen molar-refractivity contribution < 1.29 is 53.9 Å². The molecule has 0 radical (unpaired) electrons. The summed E-state index contributed by atoms with van der Waals surface area (Å²) >= 11 is 3.35. The Morgan fingerprint density at radius 2 is 2.08 bits per heavy atom. The van der Waals surface area contributed by atoms with Gasteiger partial charge in [-0.15, -0.1) is 23.1 Å². The van der Waals surface area contributed by atoms with E-state index in [1.807, 2.05) is 0 Å². The third-order valence-corrected chi connectivity index (χ3v) is 8.14. The first-order valence-corrected chi connectivity index (χ1v) is 12.8. The molecule has 1 fully saturated rings. The maximum Gasteiger partial charge on any atom is 1.00 e. The molecular weight excluding hydrogens is 571 g/mol. The number of carbonyl (C=O) groups excluding carboxylic acids is 3. The third-order valence-electron chi connectivity index (χ3n) is 5.01. The summed E-state index contributed by atoms with van der Waals surface area (Å²) in [5.41, 5.74) is 3.77. The number of β-lactam (4-membered cyclic amide) rings is 1. The Bertz CT molecular complexity index is 1440. The monoisotopic (exact) mass is 592 g/mol. The second-order valence-corrected chi connectivity index (χ2v) is 10.2. The van der Waals surface area contributed by atoms with Crippen LogP contribution >= 0.6 is 34.9 Å². The molecule has 4 heterocycles. The number of H-pyrrole nitrogens is 1. The van der Waals surface area contributed by atoms with Gasteiger partial charge in [-0.1, -0.05) is 24.3 Å². The van der Waals surface area contributed by atoms with Crippen LogP contribution < -0.4 is 56.8 Å². The summed E-state index contributed by atoms with van der Waals surface area (Å²) in [6, 6.07) is -1.02. The molecule has 15 nitrogen and oxygen atoms in total. The Kier molecular flexibility index (Phi) is 10.8. The van der Waals surface area contributed by atoms with E-state index in [-0.39, 0.29) is 75.9 Å². The minimum absolute atomic E-state index is 0. The van der Waals surface area contributed by atoms with Crippen molar-refractivity contribution >= 4 is 63.5 Å². The fourth-order valence-electron chi connectivity index (χ4n) is 3.43. The maximum absolute atomic E-state index is 12.9. The number of amides is 2. The van der Waals surface area contributed by atoms with E-state index in [9.17, 15) is 29.1 Å². The van der Waals surface area contributed by atoms with Crippen LogP contribution in [0.5, 0.6) is 0 Å². The average Bonchev–Trinajstić information content (AvgIpc) is 3.27. The van der Waals surface area contributed by atoms with E-state index in [0.717, 1.165) is 28.0 Å². The number of anilines is 1. The molecule has 0 unspecified atom stereocenters. The average molecular weight is 593 g/mol. The van der Waals surface area contributed by atoms with Crippen molar-refractivity contribution in [2.75, 3.05) is 24.3 Å². The van der Waals surface area contributed by atoms with Gasteiger partial charge in [0.1, 0.15) is 24.2 Å². The molecule has 2 aliphatic rings. The molecule has 1 saturated heterocycles. The van der Waals surface area contributed by atoms with Crippen molar-refractivity contribution in [3.63, 3.8) is 0 Å². The number of aliphatic carboxylic acids is 1. The van der Waals surface area contributed by atoms with E-state index in [1.165, 1.54) is 36.0 Å². The second kappa shape index (κ2) is 12.9. The number of aromatic nitrogens is 4. The Morgan fingerprint density at radius 3 is 2.68 bits per heavy atom. The molecule has 2 atom stereocenters. The molecule has 0 aliphatic carbocycles. The van der Waals surface area contributed by atoms with Crippen molar-refractivity contribution in [3.8, 4) is 0 Å². The molecule has 0 spiro atoms. The van der Waals surface area contributed by atoms with E-state index < -0.39 is 40.3 Å². The minimum Gasteiger partial charge on any atom is -0.543 e.